The maximum atomic E-state index is 12.0. The van der Waals surface area contributed by atoms with Crippen molar-refractivity contribution in [2.45, 2.75) is 18.2 Å². The fraction of sp³-hybridized carbons (Fsp3) is 0.150. The van der Waals surface area contributed by atoms with Crippen molar-refractivity contribution in [2.75, 3.05) is 5.75 Å². The van der Waals surface area contributed by atoms with Crippen LogP contribution < -0.4 is 5.43 Å². The summed E-state index contributed by atoms with van der Waals surface area (Å²) >= 11 is 13.7. The fourth-order valence-electron chi connectivity index (χ4n) is 2.46. The van der Waals surface area contributed by atoms with E-state index in [1.807, 2.05) is 61.5 Å². The summed E-state index contributed by atoms with van der Waals surface area (Å²) in [5, 5.41) is 9.38. The number of thioether (sulfide) groups is 1. The molecule has 0 saturated carbocycles. The highest BCUT2D eigenvalue weighted by Crippen LogP contribution is 2.21. The Morgan fingerprint density at radius 1 is 1.18 bits per heavy atom. The van der Waals surface area contributed by atoms with E-state index in [2.05, 4.69) is 15.6 Å². The fourth-order valence-corrected chi connectivity index (χ4v) is 3.70. The number of halogens is 2. The minimum Gasteiger partial charge on any atom is -0.273 e. The van der Waals surface area contributed by atoms with Crippen LogP contribution in [0.1, 0.15) is 17.7 Å². The molecule has 0 bridgehead atoms. The molecule has 1 amide bonds. The monoisotopic (exact) mass is 432 g/mol. The van der Waals surface area contributed by atoms with Crippen molar-refractivity contribution in [1.29, 1.82) is 0 Å². The number of hydrogen-bond donors (Lipinski definition) is 1. The third-order valence-electron chi connectivity index (χ3n) is 3.91. The molecule has 0 saturated heterocycles. The van der Waals surface area contributed by atoms with Crippen LogP contribution in [0.25, 0.3) is 5.69 Å². The van der Waals surface area contributed by atoms with Gasteiger partial charge in [-0.25, -0.2) is 10.1 Å². The number of hydrogen-bond acceptors (Lipinski definition) is 4. The van der Waals surface area contributed by atoms with Crippen LogP contribution in [0, 0.1) is 6.92 Å². The van der Waals surface area contributed by atoms with Crippen LogP contribution >= 0.6 is 35.0 Å². The predicted molar refractivity (Wildman–Crippen MR) is 116 cm³/mol. The summed E-state index contributed by atoms with van der Waals surface area (Å²) in [6.45, 7) is 1.90. The topological polar surface area (TPSA) is 59.3 Å². The normalized spacial score (nSPS) is 11.1. The highest BCUT2D eigenvalue weighted by atomic mass is 35.5. The third-order valence-corrected chi connectivity index (χ3v) is 5.46. The van der Waals surface area contributed by atoms with Crippen molar-refractivity contribution in [3.8, 4) is 5.69 Å². The van der Waals surface area contributed by atoms with Crippen molar-refractivity contribution in [2.24, 2.45) is 5.10 Å². The first-order valence-electron chi connectivity index (χ1n) is 8.55. The van der Waals surface area contributed by atoms with Gasteiger partial charge in [-0.2, -0.15) is 10.2 Å². The van der Waals surface area contributed by atoms with E-state index in [1.54, 1.807) is 16.4 Å². The first-order valence-corrected chi connectivity index (χ1v) is 10.3. The Hall–Kier alpha value is -2.28. The van der Waals surface area contributed by atoms with Gasteiger partial charge < -0.3 is 0 Å². The number of nitrogens with zero attached hydrogens (tertiary/aromatic N) is 3. The molecule has 1 aromatic heterocycles. The van der Waals surface area contributed by atoms with Crippen LogP contribution in [0.3, 0.4) is 0 Å². The largest absolute Gasteiger partial charge is 0.273 e. The smallest absolute Gasteiger partial charge is 0.240 e. The molecule has 0 atom stereocenters. The molecule has 3 aromatic rings. The van der Waals surface area contributed by atoms with Crippen LogP contribution in [0.5, 0.6) is 0 Å². The number of para-hydroxylation sites is 1. The van der Waals surface area contributed by atoms with E-state index in [0.29, 0.717) is 27.9 Å². The summed E-state index contributed by atoms with van der Waals surface area (Å²) in [7, 11) is 0. The SMILES string of the molecule is Cc1c(/C=N\NC(=O)CCSc2ccc(Cl)cc2)c(Cl)nn1-c1ccccc1. The molecule has 3 rings (SSSR count). The quantitative estimate of drug-likeness (QED) is 0.320. The molecule has 5 nitrogen and oxygen atoms in total. The zero-order valence-electron chi connectivity index (χ0n) is 15.1. The highest BCUT2D eigenvalue weighted by Gasteiger charge is 2.12. The van der Waals surface area contributed by atoms with Gasteiger partial charge in [0.1, 0.15) is 0 Å². The van der Waals surface area contributed by atoms with Crippen molar-refractivity contribution in [3.63, 3.8) is 0 Å². The molecule has 0 radical (unpaired) electrons. The zero-order chi connectivity index (χ0) is 19.9. The molecule has 0 aliphatic carbocycles. The van der Waals surface area contributed by atoms with E-state index in [1.165, 1.54) is 6.21 Å². The molecule has 0 fully saturated rings. The minimum atomic E-state index is -0.165. The van der Waals surface area contributed by atoms with Gasteiger partial charge in [0.2, 0.25) is 5.91 Å². The number of rotatable bonds is 7. The van der Waals surface area contributed by atoms with Gasteiger partial charge in [-0.3, -0.25) is 4.79 Å². The summed E-state index contributed by atoms with van der Waals surface area (Å²) in [5.41, 5.74) is 4.95. The van der Waals surface area contributed by atoms with Gasteiger partial charge in [-0.15, -0.1) is 11.8 Å². The molecule has 0 spiro atoms. The van der Waals surface area contributed by atoms with Crippen LogP contribution in [-0.4, -0.2) is 27.7 Å². The predicted octanol–water partition coefficient (Wildman–Crippen LogP) is 5.12. The molecule has 2 aromatic carbocycles. The first-order chi connectivity index (χ1) is 13.5. The van der Waals surface area contributed by atoms with E-state index >= 15 is 0 Å². The van der Waals surface area contributed by atoms with Gasteiger partial charge in [-0.05, 0) is 43.3 Å². The molecule has 8 heteroatoms. The number of carbonyl (C=O) groups excluding carboxylic acids is 1. The molecular weight excluding hydrogens is 415 g/mol. The second-order valence-corrected chi connectivity index (χ2v) is 7.85. The molecule has 0 unspecified atom stereocenters. The lowest BCUT2D eigenvalue weighted by Crippen LogP contribution is -2.17. The number of hydrazone groups is 1. The lowest BCUT2D eigenvalue weighted by Gasteiger charge is -2.03. The van der Waals surface area contributed by atoms with Crippen molar-refractivity contribution in [1.82, 2.24) is 15.2 Å². The zero-order valence-corrected chi connectivity index (χ0v) is 17.4. The Bertz CT molecular complexity index is 972. The van der Waals surface area contributed by atoms with Gasteiger partial charge in [0.25, 0.3) is 0 Å². The van der Waals surface area contributed by atoms with E-state index in [9.17, 15) is 4.79 Å². The second kappa shape index (κ2) is 9.78. The van der Waals surface area contributed by atoms with Crippen LogP contribution in [0.2, 0.25) is 10.2 Å². The molecule has 1 heterocycles. The van der Waals surface area contributed by atoms with Gasteiger partial charge in [0.05, 0.1) is 23.2 Å². The standard InChI is InChI=1S/C20H18Cl2N4OS/c1-14-18(20(22)25-26(14)16-5-3-2-4-6-16)13-23-24-19(27)11-12-28-17-9-7-15(21)8-10-17/h2-10,13H,11-12H2,1H3,(H,24,27)/b23-13-. The number of nitrogens with one attached hydrogen (secondary N) is 1. The molecule has 0 aliphatic heterocycles. The average molecular weight is 433 g/mol. The van der Waals surface area contributed by atoms with Crippen LogP contribution in [0.4, 0.5) is 0 Å². The summed E-state index contributed by atoms with van der Waals surface area (Å²) in [4.78, 5) is 13.0. The van der Waals surface area contributed by atoms with Crippen molar-refractivity contribution in [3.05, 3.63) is 76.0 Å². The molecule has 0 aliphatic rings. The number of benzene rings is 2. The van der Waals surface area contributed by atoms with Gasteiger partial charge >= 0.3 is 0 Å². The summed E-state index contributed by atoms with van der Waals surface area (Å²) in [6.07, 6.45) is 1.87. The molecule has 28 heavy (non-hydrogen) atoms. The van der Waals surface area contributed by atoms with Gasteiger partial charge in [0.15, 0.2) is 5.15 Å². The molecule has 144 valence electrons. The lowest BCUT2D eigenvalue weighted by molar-refractivity contribution is -0.120. The van der Waals surface area contributed by atoms with E-state index in [-0.39, 0.29) is 5.91 Å². The van der Waals surface area contributed by atoms with Crippen LogP contribution in [-0.2, 0) is 4.79 Å². The Balaban J connectivity index is 1.53. The minimum absolute atomic E-state index is 0.165. The summed E-state index contributed by atoms with van der Waals surface area (Å²) < 4.78 is 1.74. The van der Waals surface area contributed by atoms with Crippen molar-refractivity contribution < 1.29 is 4.79 Å². The molecule has 1 N–H and O–H groups in total. The summed E-state index contributed by atoms with van der Waals surface area (Å²) in [5.74, 6) is 0.483. The Labute approximate surface area is 177 Å². The van der Waals surface area contributed by atoms with Crippen molar-refractivity contribution >= 4 is 47.1 Å². The van der Waals surface area contributed by atoms with E-state index < -0.39 is 0 Å². The number of carbonyl (C=O) groups is 1. The number of amides is 1. The molecular formula is C20H18Cl2N4OS. The van der Waals surface area contributed by atoms with Gasteiger partial charge in [0, 0.05) is 22.1 Å². The lowest BCUT2D eigenvalue weighted by atomic mass is 10.2. The van der Waals surface area contributed by atoms with E-state index in [0.717, 1.165) is 16.3 Å². The van der Waals surface area contributed by atoms with Gasteiger partial charge in [-0.1, -0.05) is 41.4 Å². The highest BCUT2D eigenvalue weighted by molar-refractivity contribution is 7.99. The maximum Gasteiger partial charge on any atom is 0.240 e. The third kappa shape index (κ3) is 5.38. The number of aromatic nitrogens is 2. The Kier molecular flexibility index (Phi) is 7.14. The average Bonchev–Trinajstić information content (AvgIpc) is 2.98. The van der Waals surface area contributed by atoms with E-state index in [4.69, 9.17) is 23.2 Å². The first kappa shape index (κ1) is 20.5. The Morgan fingerprint density at radius 2 is 1.89 bits per heavy atom. The Morgan fingerprint density at radius 3 is 2.61 bits per heavy atom. The van der Waals surface area contributed by atoms with Crippen LogP contribution in [0.15, 0.2) is 64.6 Å². The maximum absolute atomic E-state index is 12.0. The summed E-state index contributed by atoms with van der Waals surface area (Å²) in [6, 6.07) is 17.2. The second-order valence-electron chi connectivity index (χ2n) is 5.88.